The molecule has 0 aromatic heterocycles. The second-order valence-corrected chi connectivity index (χ2v) is 7.67. The van der Waals surface area contributed by atoms with E-state index in [9.17, 15) is 14.7 Å². The first-order valence-corrected chi connectivity index (χ1v) is 7.71. The molecule has 5 nitrogen and oxygen atoms in total. The normalized spacial score (nSPS) is 13.3. The van der Waals surface area contributed by atoms with E-state index in [-0.39, 0.29) is 12.0 Å². The molecule has 0 aliphatic rings. The summed E-state index contributed by atoms with van der Waals surface area (Å²) in [5.74, 6) is -0.904. The molecule has 0 unspecified atom stereocenters. The van der Waals surface area contributed by atoms with Gasteiger partial charge in [0.15, 0.2) is 6.61 Å². The predicted octanol–water partition coefficient (Wildman–Crippen LogP) is 3.10. The molecule has 1 aromatic carbocycles. The molecule has 128 valence electrons. The lowest BCUT2D eigenvalue weighted by Gasteiger charge is -2.37. The smallest absolute Gasteiger partial charge is 0.326 e. The molecule has 1 atom stereocenters. The van der Waals surface area contributed by atoms with E-state index < -0.39 is 23.3 Å². The highest BCUT2D eigenvalue weighted by Gasteiger charge is 2.39. The van der Waals surface area contributed by atoms with Crippen LogP contribution in [0.5, 0.6) is 5.75 Å². The lowest BCUT2D eigenvalue weighted by atomic mass is 9.72. The molecule has 0 saturated heterocycles. The minimum absolute atomic E-state index is 0.0392. The van der Waals surface area contributed by atoms with Crippen LogP contribution in [0, 0.1) is 10.8 Å². The van der Waals surface area contributed by atoms with Crippen molar-refractivity contribution in [1.29, 1.82) is 0 Å². The second-order valence-electron chi connectivity index (χ2n) is 7.67. The van der Waals surface area contributed by atoms with Gasteiger partial charge in [0.05, 0.1) is 0 Å². The van der Waals surface area contributed by atoms with E-state index in [1.54, 1.807) is 24.3 Å². The van der Waals surface area contributed by atoms with E-state index in [0.717, 1.165) is 0 Å². The van der Waals surface area contributed by atoms with Gasteiger partial charge in [-0.1, -0.05) is 52.8 Å². The van der Waals surface area contributed by atoms with Gasteiger partial charge in [-0.05, 0) is 29.4 Å². The van der Waals surface area contributed by atoms with Gasteiger partial charge in [0.2, 0.25) is 0 Å². The largest absolute Gasteiger partial charge is 0.484 e. The third-order valence-electron chi connectivity index (χ3n) is 3.43. The number of para-hydroxylation sites is 1. The fraction of sp³-hybridized carbons (Fsp3) is 0.556. The number of rotatable bonds is 7. The molecule has 0 heterocycles. The predicted molar refractivity (Wildman–Crippen MR) is 89.4 cm³/mol. The van der Waals surface area contributed by atoms with Gasteiger partial charge in [-0.2, -0.15) is 0 Å². The fourth-order valence-electron chi connectivity index (χ4n) is 2.93. The number of carbonyl (C=O) groups is 2. The topological polar surface area (TPSA) is 75.6 Å². The minimum Gasteiger partial charge on any atom is -0.484 e. The zero-order chi connectivity index (χ0) is 17.7. The third kappa shape index (κ3) is 6.72. The van der Waals surface area contributed by atoms with E-state index in [1.807, 2.05) is 40.7 Å². The van der Waals surface area contributed by atoms with Gasteiger partial charge in [-0.25, -0.2) is 4.79 Å². The molecule has 1 aromatic rings. The maximum atomic E-state index is 12.0. The third-order valence-corrected chi connectivity index (χ3v) is 3.43. The lowest BCUT2D eigenvalue weighted by Crippen LogP contribution is -2.52. The molecule has 0 spiro atoms. The van der Waals surface area contributed by atoms with Gasteiger partial charge in [-0.15, -0.1) is 0 Å². The lowest BCUT2D eigenvalue weighted by molar-refractivity contribution is -0.146. The molecule has 0 bridgehead atoms. The maximum absolute atomic E-state index is 12.0. The van der Waals surface area contributed by atoms with Crippen LogP contribution in [-0.2, 0) is 9.59 Å². The summed E-state index contributed by atoms with van der Waals surface area (Å²) in [6, 6.07) is 7.98. The Morgan fingerprint density at radius 3 is 2.17 bits per heavy atom. The van der Waals surface area contributed by atoms with Crippen molar-refractivity contribution in [2.45, 2.75) is 47.1 Å². The van der Waals surface area contributed by atoms with Crippen molar-refractivity contribution in [3.05, 3.63) is 30.3 Å². The molecule has 1 rings (SSSR count). The standard InChI is InChI=1S/C18H27NO4/c1-17(2,3)12-18(4,5)15(16(21)22)19-14(20)11-23-13-9-7-6-8-10-13/h6-10,15H,11-12H2,1-5H3,(H,19,20)(H,21,22)/t15-/m1/s1. The van der Waals surface area contributed by atoms with Crippen LogP contribution < -0.4 is 10.1 Å². The molecule has 0 saturated carbocycles. The van der Waals surface area contributed by atoms with Crippen LogP contribution in [0.3, 0.4) is 0 Å². The van der Waals surface area contributed by atoms with E-state index in [4.69, 9.17) is 4.74 Å². The molecule has 23 heavy (non-hydrogen) atoms. The number of hydrogen-bond donors (Lipinski definition) is 2. The molecule has 0 aliphatic heterocycles. The first-order valence-electron chi connectivity index (χ1n) is 7.71. The van der Waals surface area contributed by atoms with Crippen LogP contribution >= 0.6 is 0 Å². The van der Waals surface area contributed by atoms with Crippen molar-refractivity contribution in [2.24, 2.45) is 10.8 Å². The fourth-order valence-corrected chi connectivity index (χ4v) is 2.93. The number of aliphatic carboxylic acids is 1. The molecule has 5 heteroatoms. The van der Waals surface area contributed by atoms with Crippen molar-refractivity contribution in [3.63, 3.8) is 0 Å². The highest BCUT2D eigenvalue weighted by molar-refractivity contribution is 5.85. The van der Waals surface area contributed by atoms with Crippen LogP contribution in [0.4, 0.5) is 0 Å². The summed E-state index contributed by atoms with van der Waals surface area (Å²) in [4.78, 5) is 23.6. The Morgan fingerprint density at radius 1 is 1.13 bits per heavy atom. The number of carboxylic acids is 1. The SMILES string of the molecule is CC(C)(C)CC(C)(C)[C@H](NC(=O)COc1ccccc1)C(=O)O. The van der Waals surface area contributed by atoms with E-state index in [0.29, 0.717) is 12.2 Å². The molecule has 0 aliphatic carbocycles. The van der Waals surface area contributed by atoms with Crippen molar-refractivity contribution in [1.82, 2.24) is 5.32 Å². The highest BCUT2D eigenvalue weighted by Crippen LogP contribution is 2.36. The van der Waals surface area contributed by atoms with Gasteiger partial charge in [-0.3, -0.25) is 4.79 Å². The van der Waals surface area contributed by atoms with Crippen LogP contribution in [0.2, 0.25) is 0 Å². The second kappa shape index (κ2) is 7.49. The van der Waals surface area contributed by atoms with Gasteiger partial charge < -0.3 is 15.2 Å². The first-order chi connectivity index (χ1) is 10.5. The Labute approximate surface area is 138 Å². The number of ether oxygens (including phenoxy) is 1. The number of nitrogens with one attached hydrogen (secondary N) is 1. The van der Waals surface area contributed by atoms with Crippen LogP contribution in [-0.4, -0.2) is 29.6 Å². The number of hydrogen-bond acceptors (Lipinski definition) is 3. The molecule has 0 fully saturated rings. The van der Waals surface area contributed by atoms with Crippen LogP contribution in [0.15, 0.2) is 30.3 Å². The summed E-state index contributed by atoms with van der Waals surface area (Å²) in [6.07, 6.45) is 0.663. The van der Waals surface area contributed by atoms with Gasteiger partial charge in [0.25, 0.3) is 5.91 Å². The Bertz CT molecular complexity index is 532. The number of carboxylic acid groups (broad SMARTS) is 1. The molecule has 1 amide bonds. The summed E-state index contributed by atoms with van der Waals surface area (Å²) < 4.78 is 5.36. The monoisotopic (exact) mass is 321 g/mol. The number of carbonyl (C=O) groups excluding carboxylic acids is 1. The quantitative estimate of drug-likeness (QED) is 0.809. The van der Waals surface area contributed by atoms with Gasteiger partial charge >= 0.3 is 5.97 Å². The maximum Gasteiger partial charge on any atom is 0.326 e. The van der Waals surface area contributed by atoms with Crippen molar-refractivity contribution < 1.29 is 19.4 Å². The van der Waals surface area contributed by atoms with E-state index in [1.165, 1.54) is 0 Å². The zero-order valence-electron chi connectivity index (χ0n) is 14.6. The summed E-state index contributed by atoms with van der Waals surface area (Å²) in [5, 5.41) is 12.1. The molecule has 0 radical (unpaired) electrons. The van der Waals surface area contributed by atoms with E-state index in [2.05, 4.69) is 5.32 Å². The first kappa shape index (κ1) is 19.0. The summed E-state index contributed by atoms with van der Waals surface area (Å²) >= 11 is 0. The van der Waals surface area contributed by atoms with Crippen molar-refractivity contribution in [2.75, 3.05) is 6.61 Å². The highest BCUT2D eigenvalue weighted by atomic mass is 16.5. The van der Waals surface area contributed by atoms with E-state index >= 15 is 0 Å². The van der Waals surface area contributed by atoms with Gasteiger partial charge in [0.1, 0.15) is 11.8 Å². The summed E-state index contributed by atoms with van der Waals surface area (Å²) in [5.41, 5.74) is -0.616. The van der Waals surface area contributed by atoms with Crippen LogP contribution in [0.25, 0.3) is 0 Å². The summed E-state index contributed by atoms with van der Waals surface area (Å²) in [6.45, 7) is 9.65. The Hall–Kier alpha value is -2.04. The average Bonchev–Trinajstić information content (AvgIpc) is 2.40. The Kier molecular flexibility index (Phi) is 6.19. The average molecular weight is 321 g/mol. The van der Waals surface area contributed by atoms with Crippen molar-refractivity contribution in [3.8, 4) is 5.75 Å². The number of amides is 1. The number of benzene rings is 1. The molecular weight excluding hydrogens is 294 g/mol. The van der Waals surface area contributed by atoms with Gasteiger partial charge in [0, 0.05) is 0 Å². The summed E-state index contributed by atoms with van der Waals surface area (Å²) in [7, 11) is 0. The zero-order valence-corrected chi connectivity index (χ0v) is 14.6. The minimum atomic E-state index is -1.03. The molecule has 2 N–H and O–H groups in total. The Morgan fingerprint density at radius 2 is 1.70 bits per heavy atom. The Balaban J connectivity index is 2.68. The van der Waals surface area contributed by atoms with Crippen molar-refractivity contribution >= 4 is 11.9 Å². The van der Waals surface area contributed by atoms with Crippen LogP contribution in [0.1, 0.15) is 41.0 Å². The molecular formula is C18H27NO4.